The van der Waals surface area contributed by atoms with Crippen molar-refractivity contribution in [3.8, 4) is 11.5 Å². The molecule has 0 radical (unpaired) electrons. The van der Waals surface area contributed by atoms with Crippen molar-refractivity contribution < 1.29 is 19.0 Å². The third-order valence-electron chi connectivity index (χ3n) is 5.74. The van der Waals surface area contributed by atoms with Crippen molar-refractivity contribution in [1.82, 2.24) is 4.57 Å². The highest BCUT2D eigenvalue weighted by molar-refractivity contribution is 9.11. The number of benzene rings is 2. The molecule has 0 amide bonds. The molecule has 0 aliphatic carbocycles. The Balaban J connectivity index is 1.85. The third-order valence-corrected chi connectivity index (χ3v) is 7.91. The van der Waals surface area contributed by atoms with E-state index in [4.69, 9.17) is 14.2 Å². The highest BCUT2D eigenvalue weighted by atomic mass is 79.9. The van der Waals surface area contributed by atoms with Crippen LogP contribution in [0.3, 0.4) is 0 Å². The number of thiazole rings is 1. The highest BCUT2D eigenvalue weighted by Gasteiger charge is 2.33. The lowest BCUT2D eigenvalue weighted by atomic mass is 9.96. The summed E-state index contributed by atoms with van der Waals surface area (Å²) in [6, 6.07) is 10.3. The van der Waals surface area contributed by atoms with Gasteiger partial charge >= 0.3 is 5.97 Å². The van der Waals surface area contributed by atoms with Crippen molar-refractivity contribution in [2.45, 2.75) is 19.9 Å². The molecule has 0 fully saturated rings. The van der Waals surface area contributed by atoms with Crippen LogP contribution in [-0.4, -0.2) is 30.4 Å². The number of rotatable bonds is 10. The Morgan fingerprint density at radius 1 is 1.10 bits per heavy atom. The summed E-state index contributed by atoms with van der Waals surface area (Å²) in [6.07, 6.45) is 5.12. The van der Waals surface area contributed by atoms with E-state index in [1.807, 2.05) is 24.3 Å². The van der Waals surface area contributed by atoms with Gasteiger partial charge in [-0.1, -0.05) is 48.8 Å². The van der Waals surface area contributed by atoms with E-state index >= 15 is 0 Å². The van der Waals surface area contributed by atoms with Crippen LogP contribution in [0.25, 0.3) is 6.08 Å². The van der Waals surface area contributed by atoms with Crippen LogP contribution >= 0.6 is 43.2 Å². The monoisotopic (exact) mass is 672 g/mol. The molecular formula is C29H26Br2N2O5S. The first-order chi connectivity index (χ1) is 18.8. The van der Waals surface area contributed by atoms with E-state index in [9.17, 15) is 9.59 Å². The molecule has 4 rings (SSSR count). The minimum atomic E-state index is -0.705. The van der Waals surface area contributed by atoms with Gasteiger partial charge in [0, 0.05) is 0 Å². The molecule has 0 saturated heterocycles. The fourth-order valence-corrected chi connectivity index (χ4v) is 6.60. The van der Waals surface area contributed by atoms with Gasteiger partial charge in [-0.15, -0.1) is 0 Å². The van der Waals surface area contributed by atoms with E-state index in [0.29, 0.717) is 45.3 Å². The molecule has 0 bridgehead atoms. The number of halogens is 2. The van der Waals surface area contributed by atoms with E-state index in [0.717, 1.165) is 20.1 Å². The molecule has 202 valence electrons. The van der Waals surface area contributed by atoms with E-state index in [1.165, 1.54) is 11.3 Å². The predicted octanol–water partition coefficient (Wildman–Crippen LogP) is 5.45. The molecule has 2 heterocycles. The number of allylic oxidation sites excluding steroid dienone is 1. The van der Waals surface area contributed by atoms with Gasteiger partial charge in [-0.2, -0.15) is 0 Å². The molecule has 0 saturated carbocycles. The second-order valence-electron chi connectivity index (χ2n) is 8.38. The summed E-state index contributed by atoms with van der Waals surface area (Å²) in [5.74, 6) is 0.790. The van der Waals surface area contributed by atoms with Gasteiger partial charge in [0.1, 0.15) is 24.7 Å². The van der Waals surface area contributed by atoms with Gasteiger partial charge in [0.05, 0.1) is 37.4 Å². The molecule has 3 aromatic rings. The van der Waals surface area contributed by atoms with Crippen molar-refractivity contribution in [3.05, 3.63) is 113 Å². The van der Waals surface area contributed by atoms with E-state index < -0.39 is 12.0 Å². The first-order valence-corrected chi connectivity index (χ1v) is 14.4. The van der Waals surface area contributed by atoms with Gasteiger partial charge in [0.25, 0.3) is 5.56 Å². The van der Waals surface area contributed by atoms with Gasteiger partial charge in [-0.25, -0.2) is 9.79 Å². The van der Waals surface area contributed by atoms with Crippen LogP contribution in [0.5, 0.6) is 11.5 Å². The molecule has 0 N–H and O–H groups in total. The van der Waals surface area contributed by atoms with E-state index in [2.05, 4.69) is 50.0 Å². The quantitative estimate of drug-likeness (QED) is 0.211. The summed E-state index contributed by atoms with van der Waals surface area (Å²) in [5, 5.41) is 0. The van der Waals surface area contributed by atoms with E-state index in [-0.39, 0.29) is 12.2 Å². The second-order valence-corrected chi connectivity index (χ2v) is 11.1. The third kappa shape index (κ3) is 6.18. The Kier molecular flexibility index (Phi) is 9.42. The Morgan fingerprint density at radius 2 is 1.74 bits per heavy atom. The normalized spacial score (nSPS) is 14.9. The molecule has 2 aromatic carbocycles. The van der Waals surface area contributed by atoms with Crippen LogP contribution in [0, 0.1) is 0 Å². The van der Waals surface area contributed by atoms with Gasteiger partial charge in [-0.3, -0.25) is 9.36 Å². The first-order valence-electron chi connectivity index (χ1n) is 12.0. The van der Waals surface area contributed by atoms with Crippen molar-refractivity contribution >= 4 is 55.2 Å². The van der Waals surface area contributed by atoms with Gasteiger partial charge < -0.3 is 14.2 Å². The zero-order valence-corrected chi connectivity index (χ0v) is 25.4. The number of hydrogen-bond donors (Lipinski definition) is 0. The highest BCUT2D eigenvalue weighted by Crippen LogP contribution is 2.35. The van der Waals surface area contributed by atoms with Gasteiger partial charge in [0.2, 0.25) is 0 Å². The maximum absolute atomic E-state index is 13.8. The Bertz CT molecular complexity index is 1610. The molecule has 1 aliphatic heterocycles. The van der Waals surface area contributed by atoms with Crippen LogP contribution in [0.2, 0.25) is 0 Å². The molecular weight excluding hydrogens is 648 g/mol. The molecule has 1 aliphatic rings. The van der Waals surface area contributed by atoms with Gasteiger partial charge in [0.15, 0.2) is 4.80 Å². The summed E-state index contributed by atoms with van der Waals surface area (Å²) in [5.41, 5.74) is 2.09. The minimum Gasteiger partial charge on any atom is -0.490 e. The van der Waals surface area contributed by atoms with Crippen molar-refractivity contribution in [2.24, 2.45) is 4.99 Å². The summed E-state index contributed by atoms with van der Waals surface area (Å²) >= 11 is 8.35. The fraction of sp³-hybridized carbons (Fsp3) is 0.207. The number of carbonyl (C=O) groups excluding carboxylic acids is 1. The number of esters is 1. The molecule has 0 spiro atoms. The Morgan fingerprint density at radius 3 is 2.36 bits per heavy atom. The standard InChI is InChI=1S/C29H26Br2N2O5S/c1-5-12-37-20-10-8-19(9-11-20)25-24(28(35)36-7-3)17(4)32-29-33(25)27(34)23(39-29)16-18-14-21(30)26(22(31)15-18)38-13-6-2/h5-6,8-11,14-16,25H,1-2,7,12-13H2,3-4H3/b23-16-/t25-/m1/s1. The molecule has 1 atom stereocenters. The largest absolute Gasteiger partial charge is 0.490 e. The average Bonchev–Trinajstić information content (AvgIpc) is 3.20. The van der Waals surface area contributed by atoms with Crippen LogP contribution < -0.4 is 24.4 Å². The average molecular weight is 674 g/mol. The zero-order chi connectivity index (χ0) is 28.1. The predicted molar refractivity (Wildman–Crippen MR) is 160 cm³/mol. The summed E-state index contributed by atoms with van der Waals surface area (Å²) in [6.45, 7) is 11.8. The molecule has 10 heteroatoms. The van der Waals surface area contributed by atoms with E-state index in [1.54, 1.807) is 48.8 Å². The minimum absolute atomic E-state index is 0.206. The number of fused-ring (bicyclic) bond motifs is 1. The molecule has 0 unspecified atom stereocenters. The maximum Gasteiger partial charge on any atom is 0.338 e. The fourth-order valence-electron chi connectivity index (χ4n) is 4.10. The number of aromatic nitrogens is 1. The SMILES string of the molecule is C=CCOc1ccc([C@@H]2C(C(=O)OCC)=C(C)N=c3s/c(=C\c4cc(Br)c(OCC=C)c(Br)c4)c(=O)n32)cc1. The lowest BCUT2D eigenvalue weighted by Gasteiger charge is -2.24. The van der Waals surface area contributed by atoms with Crippen LogP contribution in [0.1, 0.15) is 31.0 Å². The van der Waals surface area contributed by atoms with Crippen molar-refractivity contribution in [2.75, 3.05) is 19.8 Å². The summed E-state index contributed by atoms with van der Waals surface area (Å²) in [7, 11) is 0. The number of carbonyl (C=O) groups is 1. The summed E-state index contributed by atoms with van der Waals surface area (Å²) < 4.78 is 20.2. The molecule has 39 heavy (non-hydrogen) atoms. The topological polar surface area (TPSA) is 79.1 Å². The van der Waals surface area contributed by atoms with Crippen molar-refractivity contribution in [3.63, 3.8) is 0 Å². The lowest BCUT2D eigenvalue weighted by molar-refractivity contribution is -0.139. The smallest absolute Gasteiger partial charge is 0.338 e. The molecule has 1 aromatic heterocycles. The number of nitrogens with zero attached hydrogens (tertiary/aromatic N) is 2. The molecule has 7 nitrogen and oxygen atoms in total. The van der Waals surface area contributed by atoms with Crippen molar-refractivity contribution in [1.29, 1.82) is 0 Å². The van der Waals surface area contributed by atoms with Crippen LogP contribution in [0.4, 0.5) is 0 Å². The Labute approximate surface area is 246 Å². The first kappa shape index (κ1) is 28.8. The zero-order valence-electron chi connectivity index (χ0n) is 21.4. The van der Waals surface area contributed by atoms with Crippen LogP contribution in [0.15, 0.2) is 91.7 Å². The lowest BCUT2D eigenvalue weighted by Crippen LogP contribution is -2.39. The maximum atomic E-state index is 13.8. The number of ether oxygens (including phenoxy) is 3. The summed E-state index contributed by atoms with van der Waals surface area (Å²) in [4.78, 5) is 32.0. The number of hydrogen-bond acceptors (Lipinski definition) is 7. The Hall–Kier alpha value is -3.21. The second kappa shape index (κ2) is 12.8. The van der Waals surface area contributed by atoms with Gasteiger partial charge in [-0.05, 0) is 87.2 Å². The van der Waals surface area contributed by atoms with Crippen LogP contribution in [-0.2, 0) is 9.53 Å².